The number of amides is 1. The molecule has 4 atom stereocenters. The number of hydrogen-bond donors (Lipinski definition) is 1. The van der Waals surface area contributed by atoms with Gasteiger partial charge < -0.3 is 9.64 Å². The van der Waals surface area contributed by atoms with Gasteiger partial charge in [-0.05, 0) is 31.6 Å². The van der Waals surface area contributed by atoms with Crippen molar-refractivity contribution < 1.29 is 9.53 Å². The van der Waals surface area contributed by atoms with Crippen LogP contribution in [0.5, 0.6) is 0 Å². The summed E-state index contributed by atoms with van der Waals surface area (Å²) in [5.41, 5.74) is 0. The summed E-state index contributed by atoms with van der Waals surface area (Å²) < 4.78 is 5.50. The summed E-state index contributed by atoms with van der Waals surface area (Å²) in [4.78, 5) is 14.9. The molecule has 116 valence electrons. The molecule has 4 heteroatoms. The van der Waals surface area contributed by atoms with E-state index in [2.05, 4.69) is 44.8 Å². The number of nitrogens with zero attached hydrogens (tertiary/aromatic N) is 1. The molecule has 0 aromatic rings. The van der Waals surface area contributed by atoms with Gasteiger partial charge in [-0.25, -0.2) is 0 Å². The molecule has 2 rings (SSSR count). The number of hydrogen-bond acceptors (Lipinski definition) is 3. The number of carbonyl (C=O) groups is 1. The van der Waals surface area contributed by atoms with E-state index in [1.54, 1.807) is 0 Å². The van der Waals surface area contributed by atoms with Crippen LogP contribution in [0.2, 0.25) is 0 Å². The first-order valence-electron chi connectivity index (χ1n) is 8.07. The second kappa shape index (κ2) is 6.44. The summed E-state index contributed by atoms with van der Waals surface area (Å²) >= 11 is 0. The van der Waals surface area contributed by atoms with Crippen LogP contribution in [0, 0.1) is 17.8 Å². The van der Waals surface area contributed by atoms with E-state index in [-0.39, 0.29) is 24.2 Å². The van der Waals surface area contributed by atoms with Crippen molar-refractivity contribution >= 4 is 5.91 Å². The first-order valence-corrected chi connectivity index (χ1v) is 8.07. The van der Waals surface area contributed by atoms with Gasteiger partial charge in [-0.15, -0.1) is 0 Å². The highest BCUT2D eigenvalue weighted by Gasteiger charge is 2.44. The molecule has 0 aliphatic carbocycles. The van der Waals surface area contributed by atoms with Gasteiger partial charge >= 0.3 is 0 Å². The highest BCUT2D eigenvalue weighted by Crippen LogP contribution is 2.29. The molecule has 4 unspecified atom stereocenters. The summed E-state index contributed by atoms with van der Waals surface area (Å²) in [6, 6.07) is 0.259. The Hall–Kier alpha value is -0.610. The lowest BCUT2D eigenvalue weighted by molar-refractivity contribution is -0.134. The fraction of sp³-hybridized carbons (Fsp3) is 0.938. The molecule has 4 nitrogen and oxygen atoms in total. The molecule has 2 aliphatic heterocycles. The fourth-order valence-corrected chi connectivity index (χ4v) is 3.44. The minimum atomic E-state index is -0.00725. The summed E-state index contributed by atoms with van der Waals surface area (Å²) in [6.45, 7) is 12.6. The Labute approximate surface area is 123 Å². The molecular weight excluding hydrogens is 252 g/mol. The van der Waals surface area contributed by atoms with Crippen LogP contribution < -0.4 is 5.32 Å². The smallest absolute Gasteiger partial charge is 0.241 e. The number of ether oxygens (including phenoxy) is 1. The lowest BCUT2D eigenvalue weighted by atomic mass is 9.97. The fourth-order valence-electron chi connectivity index (χ4n) is 3.44. The zero-order valence-corrected chi connectivity index (χ0v) is 13.6. The van der Waals surface area contributed by atoms with Gasteiger partial charge in [0, 0.05) is 18.6 Å². The van der Waals surface area contributed by atoms with Crippen molar-refractivity contribution in [3.63, 3.8) is 0 Å². The average molecular weight is 282 g/mol. The summed E-state index contributed by atoms with van der Waals surface area (Å²) in [6.07, 6.45) is 2.17. The monoisotopic (exact) mass is 282 g/mol. The average Bonchev–Trinajstić information content (AvgIpc) is 2.97. The number of nitrogens with one attached hydrogen (secondary N) is 1. The van der Waals surface area contributed by atoms with Gasteiger partial charge in [0.05, 0.1) is 18.8 Å². The van der Waals surface area contributed by atoms with Crippen LogP contribution in [0.3, 0.4) is 0 Å². The van der Waals surface area contributed by atoms with Crippen LogP contribution in [0.4, 0.5) is 0 Å². The molecule has 1 amide bonds. The van der Waals surface area contributed by atoms with E-state index in [4.69, 9.17) is 4.74 Å². The minimum Gasteiger partial charge on any atom is -0.381 e. The molecule has 0 aromatic carbocycles. The molecule has 0 spiro atoms. The molecule has 2 fully saturated rings. The second-order valence-electron chi connectivity index (χ2n) is 7.15. The molecule has 20 heavy (non-hydrogen) atoms. The van der Waals surface area contributed by atoms with Gasteiger partial charge in [-0.1, -0.05) is 27.7 Å². The van der Waals surface area contributed by atoms with Gasteiger partial charge in [0.1, 0.15) is 0 Å². The van der Waals surface area contributed by atoms with Crippen molar-refractivity contribution in [2.75, 3.05) is 13.2 Å². The van der Waals surface area contributed by atoms with E-state index < -0.39 is 0 Å². The van der Waals surface area contributed by atoms with Crippen molar-refractivity contribution in [1.82, 2.24) is 10.2 Å². The standard InChI is InChI=1S/C16H30N2O2/c1-10(2)8-14-16(19)18(15(17-14)11(3)4)12(5)13-6-7-20-9-13/h10-15,17H,6-9H2,1-5H3. The van der Waals surface area contributed by atoms with E-state index in [1.165, 1.54) is 0 Å². The van der Waals surface area contributed by atoms with Crippen LogP contribution in [-0.2, 0) is 9.53 Å². The Morgan fingerprint density at radius 2 is 2.00 bits per heavy atom. The predicted molar refractivity (Wildman–Crippen MR) is 80.2 cm³/mol. The summed E-state index contributed by atoms with van der Waals surface area (Å²) in [7, 11) is 0. The molecule has 0 aromatic heterocycles. The van der Waals surface area contributed by atoms with Crippen LogP contribution in [-0.4, -0.2) is 42.3 Å². The van der Waals surface area contributed by atoms with E-state index in [1.807, 2.05) is 0 Å². The molecule has 2 saturated heterocycles. The van der Waals surface area contributed by atoms with Gasteiger partial charge in [0.25, 0.3) is 0 Å². The number of rotatable bonds is 5. The molecule has 1 N–H and O–H groups in total. The second-order valence-corrected chi connectivity index (χ2v) is 7.15. The van der Waals surface area contributed by atoms with Gasteiger partial charge in [0.2, 0.25) is 5.91 Å². The summed E-state index contributed by atoms with van der Waals surface area (Å²) in [5, 5.41) is 3.56. The lowest BCUT2D eigenvalue weighted by Crippen LogP contribution is -2.49. The Morgan fingerprint density at radius 3 is 2.50 bits per heavy atom. The van der Waals surface area contributed by atoms with Gasteiger partial charge in [0.15, 0.2) is 0 Å². The van der Waals surface area contributed by atoms with Crippen molar-refractivity contribution in [2.24, 2.45) is 17.8 Å². The third kappa shape index (κ3) is 3.17. The quantitative estimate of drug-likeness (QED) is 0.841. The first-order chi connectivity index (χ1) is 9.41. The van der Waals surface area contributed by atoms with Crippen LogP contribution in [0.1, 0.15) is 47.5 Å². The number of carbonyl (C=O) groups excluding carboxylic acids is 1. The third-order valence-corrected chi connectivity index (χ3v) is 4.65. The van der Waals surface area contributed by atoms with E-state index >= 15 is 0 Å². The predicted octanol–water partition coefficient (Wildman–Crippen LogP) is 2.24. The van der Waals surface area contributed by atoms with E-state index in [0.717, 1.165) is 26.1 Å². The molecule has 2 heterocycles. The van der Waals surface area contributed by atoms with Gasteiger partial charge in [-0.3, -0.25) is 10.1 Å². The molecule has 0 saturated carbocycles. The van der Waals surface area contributed by atoms with Crippen molar-refractivity contribution in [3.05, 3.63) is 0 Å². The van der Waals surface area contributed by atoms with Crippen molar-refractivity contribution in [1.29, 1.82) is 0 Å². The Bertz CT molecular complexity index is 337. The Morgan fingerprint density at radius 1 is 1.30 bits per heavy atom. The maximum absolute atomic E-state index is 12.8. The van der Waals surface area contributed by atoms with Crippen LogP contribution in [0.25, 0.3) is 0 Å². The minimum absolute atomic E-state index is 0.00725. The largest absolute Gasteiger partial charge is 0.381 e. The maximum atomic E-state index is 12.8. The SMILES string of the molecule is CC(C)CC1NC(C(C)C)N(C(C)C2CCOC2)C1=O. The molecular formula is C16H30N2O2. The Balaban J connectivity index is 2.12. The topological polar surface area (TPSA) is 41.6 Å². The van der Waals surface area contributed by atoms with Crippen LogP contribution >= 0.6 is 0 Å². The zero-order chi connectivity index (χ0) is 14.9. The zero-order valence-electron chi connectivity index (χ0n) is 13.6. The maximum Gasteiger partial charge on any atom is 0.241 e. The summed E-state index contributed by atoms with van der Waals surface area (Å²) in [5.74, 6) is 1.74. The van der Waals surface area contributed by atoms with Crippen molar-refractivity contribution in [3.8, 4) is 0 Å². The molecule has 0 radical (unpaired) electrons. The van der Waals surface area contributed by atoms with Crippen molar-refractivity contribution in [2.45, 2.75) is 65.7 Å². The Kier molecular flexibility index (Phi) is 5.08. The third-order valence-electron chi connectivity index (χ3n) is 4.65. The first kappa shape index (κ1) is 15.8. The molecule has 2 aliphatic rings. The van der Waals surface area contributed by atoms with E-state index in [0.29, 0.717) is 17.8 Å². The highest BCUT2D eigenvalue weighted by atomic mass is 16.5. The van der Waals surface area contributed by atoms with Crippen LogP contribution in [0.15, 0.2) is 0 Å². The normalized spacial score (nSPS) is 32.6. The molecule has 0 bridgehead atoms. The van der Waals surface area contributed by atoms with Gasteiger partial charge in [-0.2, -0.15) is 0 Å². The van der Waals surface area contributed by atoms with E-state index in [9.17, 15) is 4.79 Å². The lowest BCUT2D eigenvalue weighted by Gasteiger charge is -2.35. The highest BCUT2D eigenvalue weighted by molar-refractivity contribution is 5.84.